The number of benzene rings is 1. The van der Waals surface area contributed by atoms with Gasteiger partial charge in [0.1, 0.15) is 6.54 Å². The molecule has 0 spiro atoms. The number of aromatic nitrogens is 2. The summed E-state index contributed by atoms with van der Waals surface area (Å²) in [6.07, 6.45) is 0.906. The Kier molecular flexibility index (Phi) is 4.80. The average Bonchev–Trinajstić information content (AvgIpc) is 2.96. The van der Waals surface area contributed by atoms with Crippen LogP contribution in [0.15, 0.2) is 33.6 Å². The molecular weight excluding hydrogens is 310 g/mol. The SMILES string of the molecule is CC[C@H]1CN(C(=O)Cn2c(-c3ccccc3C)noc2=O)CCO1. The van der Waals surface area contributed by atoms with Gasteiger partial charge in [0.2, 0.25) is 5.91 Å². The van der Waals surface area contributed by atoms with Crippen molar-refractivity contribution in [3.8, 4) is 11.4 Å². The molecule has 1 amide bonds. The van der Waals surface area contributed by atoms with E-state index >= 15 is 0 Å². The van der Waals surface area contributed by atoms with Crippen molar-refractivity contribution >= 4 is 5.91 Å². The van der Waals surface area contributed by atoms with E-state index < -0.39 is 5.76 Å². The van der Waals surface area contributed by atoms with Gasteiger partial charge in [-0.05, 0) is 18.9 Å². The van der Waals surface area contributed by atoms with E-state index in [0.29, 0.717) is 25.5 Å². The summed E-state index contributed by atoms with van der Waals surface area (Å²) in [4.78, 5) is 26.3. The van der Waals surface area contributed by atoms with E-state index in [1.54, 1.807) is 4.90 Å². The normalized spacial score (nSPS) is 17.9. The lowest BCUT2D eigenvalue weighted by atomic mass is 10.1. The molecule has 0 bridgehead atoms. The molecule has 1 aliphatic rings. The summed E-state index contributed by atoms with van der Waals surface area (Å²) in [6.45, 7) is 5.48. The lowest BCUT2D eigenvalue weighted by Crippen LogP contribution is -2.47. The van der Waals surface area contributed by atoms with Crippen molar-refractivity contribution < 1.29 is 14.1 Å². The van der Waals surface area contributed by atoms with Crippen LogP contribution in [-0.2, 0) is 16.1 Å². The van der Waals surface area contributed by atoms with Crippen LogP contribution in [0.2, 0.25) is 0 Å². The van der Waals surface area contributed by atoms with Gasteiger partial charge < -0.3 is 9.64 Å². The van der Waals surface area contributed by atoms with E-state index in [1.165, 1.54) is 4.57 Å². The number of hydrogen-bond donors (Lipinski definition) is 0. The maximum Gasteiger partial charge on any atom is 0.442 e. The van der Waals surface area contributed by atoms with Gasteiger partial charge >= 0.3 is 5.76 Å². The molecule has 128 valence electrons. The van der Waals surface area contributed by atoms with Crippen LogP contribution in [0.5, 0.6) is 0 Å². The Morgan fingerprint density at radius 2 is 2.17 bits per heavy atom. The van der Waals surface area contributed by atoms with Crippen LogP contribution < -0.4 is 5.76 Å². The van der Waals surface area contributed by atoms with E-state index in [2.05, 4.69) is 5.16 Å². The molecule has 1 aliphatic heterocycles. The lowest BCUT2D eigenvalue weighted by molar-refractivity contribution is -0.139. The van der Waals surface area contributed by atoms with Crippen molar-refractivity contribution in [2.45, 2.75) is 32.9 Å². The van der Waals surface area contributed by atoms with Gasteiger partial charge in [-0.25, -0.2) is 9.36 Å². The third-order valence-electron chi connectivity index (χ3n) is 4.31. The second-order valence-corrected chi connectivity index (χ2v) is 5.91. The quantitative estimate of drug-likeness (QED) is 0.847. The summed E-state index contributed by atoms with van der Waals surface area (Å²) >= 11 is 0. The van der Waals surface area contributed by atoms with Crippen LogP contribution >= 0.6 is 0 Å². The summed E-state index contributed by atoms with van der Waals surface area (Å²) in [5.41, 5.74) is 1.74. The highest BCUT2D eigenvalue weighted by atomic mass is 16.5. The molecule has 0 unspecified atom stereocenters. The van der Waals surface area contributed by atoms with Gasteiger partial charge in [0, 0.05) is 18.7 Å². The Labute approximate surface area is 139 Å². The largest absolute Gasteiger partial charge is 0.442 e. The van der Waals surface area contributed by atoms with Gasteiger partial charge in [-0.1, -0.05) is 36.3 Å². The van der Waals surface area contributed by atoms with E-state index in [4.69, 9.17) is 9.26 Å². The molecule has 0 N–H and O–H groups in total. The van der Waals surface area contributed by atoms with Crippen LogP contribution in [0.25, 0.3) is 11.4 Å². The number of amides is 1. The highest BCUT2D eigenvalue weighted by molar-refractivity contribution is 5.77. The van der Waals surface area contributed by atoms with Crippen molar-refractivity contribution in [3.63, 3.8) is 0 Å². The average molecular weight is 331 g/mol. The molecule has 1 fully saturated rings. The zero-order chi connectivity index (χ0) is 17.1. The summed E-state index contributed by atoms with van der Waals surface area (Å²) in [7, 11) is 0. The Morgan fingerprint density at radius 3 is 2.92 bits per heavy atom. The number of nitrogens with zero attached hydrogens (tertiary/aromatic N) is 3. The fourth-order valence-electron chi connectivity index (χ4n) is 2.85. The van der Waals surface area contributed by atoms with Crippen molar-refractivity contribution in [1.29, 1.82) is 0 Å². The standard InChI is InChI=1S/C17H21N3O4/c1-3-13-10-19(8-9-23-13)15(21)11-20-16(18-24-17(20)22)14-7-5-4-6-12(14)2/h4-7,13H,3,8-11H2,1-2H3/t13-/m0/s1. The number of morpholine rings is 1. The predicted octanol–water partition coefficient (Wildman–Crippen LogP) is 1.45. The highest BCUT2D eigenvalue weighted by Crippen LogP contribution is 2.20. The van der Waals surface area contributed by atoms with Crippen molar-refractivity contribution in [2.24, 2.45) is 0 Å². The van der Waals surface area contributed by atoms with E-state index in [-0.39, 0.29) is 18.6 Å². The first-order valence-electron chi connectivity index (χ1n) is 8.12. The zero-order valence-electron chi connectivity index (χ0n) is 13.9. The van der Waals surface area contributed by atoms with E-state index in [1.807, 2.05) is 38.1 Å². The Morgan fingerprint density at radius 1 is 1.38 bits per heavy atom. The molecule has 0 saturated carbocycles. The molecule has 2 aromatic rings. The maximum absolute atomic E-state index is 12.6. The highest BCUT2D eigenvalue weighted by Gasteiger charge is 2.25. The summed E-state index contributed by atoms with van der Waals surface area (Å²) in [6, 6.07) is 7.55. The molecular formula is C17H21N3O4. The third kappa shape index (κ3) is 3.26. The Bertz CT molecular complexity index is 780. The van der Waals surface area contributed by atoms with Gasteiger partial charge in [0.25, 0.3) is 0 Å². The first-order valence-corrected chi connectivity index (χ1v) is 8.12. The number of rotatable bonds is 4. The number of aryl methyl sites for hydroxylation is 1. The topological polar surface area (TPSA) is 77.6 Å². The van der Waals surface area contributed by atoms with Gasteiger partial charge in [-0.2, -0.15) is 0 Å². The summed E-state index contributed by atoms with van der Waals surface area (Å²) in [5.74, 6) is -0.370. The number of carbonyl (C=O) groups excluding carboxylic acids is 1. The first kappa shape index (κ1) is 16.4. The maximum atomic E-state index is 12.6. The fourth-order valence-corrected chi connectivity index (χ4v) is 2.85. The van der Waals surface area contributed by atoms with Crippen LogP contribution in [0.3, 0.4) is 0 Å². The number of ether oxygens (including phenoxy) is 1. The van der Waals surface area contributed by atoms with E-state index in [0.717, 1.165) is 17.5 Å². The minimum Gasteiger partial charge on any atom is -0.375 e. The fraction of sp³-hybridized carbons (Fsp3) is 0.471. The van der Waals surface area contributed by atoms with Crippen molar-refractivity contribution in [2.75, 3.05) is 19.7 Å². The minimum atomic E-state index is -0.623. The Balaban J connectivity index is 1.83. The zero-order valence-corrected chi connectivity index (χ0v) is 13.9. The van der Waals surface area contributed by atoms with Crippen LogP contribution in [0.4, 0.5) is 0 Å². The molecule has 1 atom stereocenters. The van der Waals surface area contributed by atoms with E-state index in [9.17, 15) is 9.59 Å². The first-order chi connectivity index (χ1) is 11.6. The number of hydrogen-bond acceptors (Lipinski definition) is 5. The molecule has 0 aliphatic carbocycles. The molecule has 1 saturated heterocycles. The molecule has 7 nitrogen and oxygen atoms in total. The van der Waals surface area contributed by atoms with Crippen LogP contribution in [0.1, 0.15) is 18.9 Å². The van der Waals surface area contributed by atoms with Crippen molar-refractivity contribution in [3.05, 3.63) is 40.4 Å². The van der Waals surface area contributed by atoms with Gasteiger partial charge in [-0.3, -0.25) is 9.32 Å². The summed E-state index contributed by atoms with van der Waals surface area (Å²) in [5, 5.41) is 3.86. The molecule has 7 heteroatoms. The molecule has 3 rings (SSSR count). The minimum absolute atomic E-state index is 0.0535. The second kappa shape index (κ2) is 7.00. The third-order valence-corrected chi connectivity index (χ3v) is 4.31. The number of carbonyl (C=O) groups is 1. The second-order valence-electron chi connectivity index (χ2n) is 5.91. The monoisotopic (exact) mass is 331 g/mol. The smallest absolute Gasteiger partial charge is 0.375 e. The summed E-state index contributed by atoms with van der Waals surface area (Å²) < 4.78 is 11.7. The molecule has 1 aromatic heterocycles. The predicted molar refractivity (Wildman–Crippen MR) is 87.5 cm³/mol. The van der Waals surface area contributed by atoms with Crippen molar-refractivity contribution in [1.82, 2.24) is 14.6 Å². The molecule has 0 radical (unpaired) electrons. The lowest BCUT2D eigenvalue weighted by Gasteiger charge is -2.32. The van der Waals surface area contributed by atoms with Gasteiger partial charge in [0.15, 0.2) is 5.82 Å². The molecule has 2 heterocycles. The van der Waals surface area contributed by atoms with Gasteiger partial charge in [-0.15, -0.1) is 0 Å². The van der Waals surface area contributed by atoms with Crippen LogP contribution in [0, 0.1) is 6.92 Å². The molecule has 1 aromatic carbocycles. The van der Waals surface area contributed by atoms with Gasteiger partial charge in [0.05, 0.1) is 12.7 Å². The molecule has 24 heavy (non-hydrogen) atoms. The Hall–Kier alpha value is -2.41. The van der Waals surface area contributed by atoms with Crippen LogP contribution in [-0.4, -0.2) is 46.3 Å².